The fourth-order valence-electron chi connectivity index (χ4n) is 4.68. The summed E-state index contributed by atoms with van der Waals surface area (Å²) < 4.78 is 50.1. The van der Waals surface area contributed by atoms with Crippen LogP contribution in [-0.4, -0.2) is 80.8 Å². The molecule has 2 fully saturated rings. The number of rotatable bonds is 12. The molecular formula is C26H34N5O8PS. The lowest BCUT2D eigenvalue weighted by molar-refractivity contribution is -0.253. The second kappa shape index (κ2) is 12.8. The Morgan fingerprint density at radius 2 is 1.76 bits per heavy atom. The lowest BCUT2D eigenvalue weighted by Crippen LogP contribution is -2.30. The Kier molecular flexibility index (Phi) is 9.41. The molecule has 3 aromatic rings. The van der Waals surface area contributed by atoms with Crippen molar-refractivity contribution in [2.45, 2.75) is 70.9 Å². The molecule has 0 saturated carbocycles. The minimum atomic E-state index is -3.33. The van der Waals surface area contributed by atoms with Crippen LogP contribution in [0.5, 0.6) is 0 Å². The zero-order valence-corrected chi connectivity index (χ0v) is 25.1. The van der Waals surface area contributed by atoms with Gasteiger partial charge in [-0.25, -0.2) is 15.0 Å². The predicted molar refractivity (Wildman–Crippen MR) is 152 cm³/mol. The number of hydrogen-bond donors (Lipinski definition) is 1. The number of carbonyl (C=O) groups is 1. The SMILES string of the molecule is COC1O[C@@H]2[C@H](O1)[C@@H](CSCP(=O)(OC(C)C)OC(C)C)O[C@H]2n1cnc2c(NC(=O)c3ccccc3)ncnc21. The standard InChI is InChI=1S/C26H34N5O8PS/c1-15(2)38-40(33,39-16(3)4)14-41-11-18-20-21(37-26(34-5)36-20)25(35-18)31-13-29-19-22(27-12-28-23(19)31)30-24(32)17-9-7-6-8-10-17/h6-10,12-13,15-16,18,20-21,25-26H,11,14H2,1-5H3,(H,27,28,30,32)/t18-,20-,21-,25-,26?/m1/s1. The third-order valence-electron chi connectivity index (χ3n) is 6.19. The Bertz CT molecular complexity index is 1380. The molecule has 0 radical (unpaired) electrons. The zero-order chi connectivity index (χ0) is 29.1. The zero-order valence-electron chi connectivity index (χ0n) is 23.4. The largest absolute Gasteiger partial charge is 0.348 e. The summed E-state index contributed by atoms with van der Waals surface area (Å²) in [7, 11) is -1.83. The molecule has 222 valence electrons. The van der Waals surface area contributed by atoms with Gasteiger partial charge in [0.15, 0.2) is 23.2 Å². The Labute approximate surface area is 242 Å². The number of amides is 1. The van der Waals surface area contributed by atoms with Gasteiger partial charge in [0, 0.05) is 18.4 Å². The maximum atomic E-state index is 13.3. The molecule has 41 heavy (non-hydrogen) atoms. The van der Waals surface area contributed by atoms with Crippen LogP contribution in [0.3, 0.4) is 0 Å². The highest BCUT2D eigenvalue weighted by molar-refractivity contribution is 8.04. The fraction of sp³-hybridized carbons (Fsp3) is 0.538. The molecule has 13 nitrogen and oxygen atoms in total. The van der Waals surface area contributed by atoms with Crippen LogP contribution in [0.4, 0.5) is 5.82 Å². The highest BCUT2D eigenvalue weighted by Gasteiger charge is 2.54. The number of thioether (sulfide) groups is 1. The molecular weight excluding hydrogens is 573 g/mol. The van der Waals surface area contributed by atoms with Crippen molar-refractivity contribution < 1.29 is 37.4 Å². The van der Waals surface area contributed by atoms with E-state index in [0.29, 0.717) is 22.5 Å². The summed E-state index contributed by atoms with van der Waals surface area (Å²) in [5, 5.41) is 2.81. The van der Waals surface area contributed by atoms with Crippen molar-refractivity contribution >= 4 is 42.2 Å². The third-order valence-corrected chi connectivity index (χ3v) is 10.2. The van der Waals surface area contributed by atoms with Gasteiger partial charge in [-0.3, -0.25) is 13.9 Å². The van der Waals surface area contributed by atoms with Crippen molar-refractivity contribution in [3.8, 4) is 0 Å². The van der Waals surface area contributed by atoms with Gasteiger partial charge in [0.25, 0.3) is 12.4 Å². The van der Waals surface area contributed by atoms with E-state index < -0.39 is 38.6 Å². The molecule has 0 aliphatic carbocycles. The van der Waals surface area contributed by atoms with Crippen LogP contribution < -0.4 is 5.32 Å². The summed E-state index contributed by atoms with van der Waals surface area (Å²) in [5.74, 6) is 0.392. The van der Waals surface area contributed by atoms with Gasteiger partial charge in [-0.05, 0) is 39.8 Å². The van der Waals surface area contributed by atoms with Crippen molar-refractivity contribution in [3.63, 3.8) is 0 Å². The number of hydrogen-bond acceptors (Lipinski definition) is 12. The van der Waals surface area contributed by atoms with Gasteiger partial charge in [0.2, 0.25) is 0 Å². The number of ether oxygens (including phenoxy) is 4. The fourth-order valence-corrected chi connectivity index (χ4v) is 8.32. The van der Waals surface area contributed by atoms with Crippen LogP contribution in [0.1, 0.15) is 44.3 Å². The predicted octanol–water partition coefficient (Wildman–Crippen LogP) is 4.42. The summed E-state index contributed by atoms with van der Waals surface area (Å²) in [6.45, 7) is 6.42. The number of methoxy groups -OCH3 is 1. The Balaban J connectivity index is 1.34. The second-order valence-corrected chi connectivity index (χ2v) is 13.5. The van der Waals surface area contributed by atoms with Gasteiger partial charge in [-0.2, -0.15) is 0 Å². The van der Waals surface area contributed by atoms with Gasteiger partial charge in [0.05, 0.1) is 30.1 Å². The lowest BCUT2D eigenvalue weighted by Gasteiger charge is -2.24. The monoisotopic (exact) mass is 607 g/mol. The highest BCUT2D eigenvalue weighted by atomic mass is 32.2. The molecule has 2 aliphatic heterocycles. The van der Waals surface area contributed by atoms with Crippen molar-refractivity contribution in [2.24, 2.45) is 0 Å². The van der Waals surface area contributed by atoms with E-state index in [1.54, 1.807) is 35.2 Å². The minimum absolute atomic E-state index is 0.158. The number of aromatic nitrogens is 4. The normalized spacial score (nSPS) is 24.4. The Hall–Kier alpha value is -2.42. The average Bonchev–Trinajstić information content (AvgIpc) is 3.63. The number of anilines is 1. The molecule has 1 aromatic carbocycles. The number of nitrogens with one attached hydrogen (secondary N) is 1. The van der Waals surface area contributed by atoms with Crippen LogP contribution in [-0.2, 0) is 32.6 Å². The van der Waals surface area contributed by atoms with Gasteiger partial charge >= 0.3 is 7.60 Å². The average molecular weight is 608 g/mol. The van der Waals surface area contributed by atoms with E-state index in [-0.39, 0.29) is 29.4 Å². The van der Waals surface area contributed by atoms with Crippen LogP contribution in [0.15, 0.2) is 43.0 Å². The molecule has 1 N–H and O–H groups in total. The van der Waals surface area contributed by atoms with Gasteiger partial charge in [0.1, 0.15) is 18.5 Å². The first-order valence-electron chi connectivity index (χ1n) is 13.2. The molecule has 1 amide bonds. The number of nitrogens with zero attached hydrogens (tertiary/aromatic N) is 4. The topological polar surface area (TPSA) is 145 Å². The number of fused-ring (bicyclic) bond motifs is 2. The molecule has 1 unspecified atom stereocenters. The lowest BCUT2D eigenvalue weighted by atomic mass is 10.1. The van der Waals surface area contributed by atoms with E-state index in [1.165, 1.54) is 25.2 Å². The summed E-state index contributed by atoms with van der Waals surface area (Å²) in [6, 6.07) is 8.83. The van der Waals surface area contributed by atoms with E-state index >= 15 is 0 Å². The number of benzene rings is 1. The van der Waals surface area contributed by atoms with E-state index in [0.717, 1.165) is 0 Å². The summed E-state index contributed by atoms with van der Waals surface area (Å²) >= 11 is 1.40. The number of carbonyl (C=O) groups excluding carboxylic acids is 1. The molecule has 5 rings (SSSR count). The number of imidazole rings is 1. The molecule has 2 aliphatic rings. The first kappa shape index (κ1) is 30.1. The van der Waals surface area contributed by atoms with E-state index in [2.05, 4.69) is 20.3 Å². The second-order valence-electron chi connectivity index (χ2n) is 10.1. The summed E-state index contributed by atoms with van der Waals surface area (Å²) in [5.41, 5.74) is 1.50. The van der Waals surface area contributed by atoms with Crippen LogP contribution in [0, 0.1) is 0 Å². The molecule has 4 heterocycles. The quantitative estimate of drug-likeness (QED) is 0.291. The molecule has 0 spiro atoms. The Morgan fingerprint density at radius 3 is 2.44 bits per heavy atom. The maximum Gasteiger partial charge on any atom is 0.340 e. The Morgan fingerprint density at radius 1 is 1.05 bits per heavy atom. The minimum Gasteiger partial charge on any atom is -0.348 e. The van der Waals surface area contributed by atoms with E-state index in [1.807, 2.05) is 33.8 Å². The van der Waals surface area contributed by atoms with Crippen molar-refractivity contribution in [3.05, 3.63) is 48.5 Å². The first-order valence-corrected chi connectivity index (χ1v) is 16.1. The molecule has 0 bridgehead atoms. The van der Waals surface area contributed by atoms with E-state index in [4.69, 9.17) is 28.0 Å². The summed E-state index contributed by atoms with van der Waals surface area (Å²) in [4.78, 5) is 25.9. The highest BCUT2D eigenvalue weighted by Crippen LogP contribution is 2.53. The van der Waals surface area contributed by atoms with Crippen molar-refractivity contribution in [1.29, 1.82) is 0 Å². The first-order chi connectivity index (χ1) is 19.7. The molecule has 2 aromatic heterocycles. The van der Waals surface area contributed by atoms with Crippen LogP contribution in [0.25, 0.3) is 11.2 Å². The third kappa shape index (κ3) is 6.81. The van der Waals surface area contributed by atoms with Crippen LogP contribution >= 0.6 is 19.4 Å². The maximum absolute atomic E-state index is 13.3. The van der Waals surface area contributed by atoms with Crippen molar-refractivity contribution in [1.82, 2.24) is 19.5 Å². The summed E-state index contributed by atoms with van der Waals surface area (Å²) in [6.07, 6.45) is 0.336. The van der Waals surface area contributed by atoms with Crippen LogP contribution in [0.2, 0.25) is 0 Å². The van der Waals surface area contributed by atoms with Crippen molar-refractivity contribution in [2.75, 3.05) is 23.7 Å². The molecule has 5 atom stereocenters. The smallest absolute Gasteiger partial charge is 0.340 e. The molecule has 2 saturated heterocycles. The van der Waals surface area contributed by atoms with E-state index in [9.17, 15) is 9.36 Å². The van der Waals surface area contributed by atoms with Gasteiger partial charge < -0.3 is 33.3 Å². The van der Waals surface area contributed by atoms with Gasteiger partial charge in [-0.15, -0.1) is 11.8 Å². The molecule has 15 heteroatoms. The van der Waals surface area contributed by atoms with Gasteiger partial charge in [-0.1, -0.05) is 18.2 Å².